The molecular weight excluding hydrogens is 456 g/mol. The van der Waals surface area contributed by atoms with Crippen LogP contribution in [0.3, 0.4) is 0 Å². The van der Waals surface area contributed by atoms with Crippen LogP contribution in [-0.2, 0) is 13.0 Å². The Bertz CT molecular complexity index is 1280. The minimum Gasteiger partial charge on any atom is -0.497 e. The van der Waals surface area contributed by atoms with Crippen LogP contribution in [0.15, 0.2) is 42.6 Å². The summed E-state index contributed by atoms with van der Waals surface area (Å²) < 4.78 is 5.38. The summed E-state index contributed by atoms with van der Waals surface area (Å²) in [6.07, 6.45) is 4.45. The summed E-state index contributed by atoms with van der Waals surface area (Å²) in [7, 11) is 5.26. The molecule has 1 fully saturated rings. The van der Waals surface area contributed by atoms with Crippen molar-refractivity contribution in [2.45, 2.75) is 31.8 Å². The van der Waals surface area contributed by atoms with Crippen molar-refractivity contribution in [3.63, 3.8) is 0 Å². The number of hydrogen-bond donors (Lipinski definition) is 1. The van der Waals surface area contributed by atoms with Crippen LogP contribution in [0.2, 0.25) is 0 Å². The lowest BCUT2D eigenvalue weighted by Gasteiger charge is -2.32. The van der Waals surface area contributed by atoms with Gasteiger partial charge in [-0.25, -0.2) is 0 Å². The summed E-state index contributed by atoms with van der Waals surface area (Å²) in [5.41, 5.74) is 4.15. The molecule has 4 rings (SSSR count). The highest BCUT2D eigenvalue weighted by atomic mass is 16.6. The Hall–Kier alpha value is -3.74. The third-order valence-corrected chi connectivity index (χ3v) is 6.89. The topological polar surface area (TPSA) is 108 Å². The molecule has 0 atom stereocenters. The van der Waals surface area contributed by atoms with Crippen LogP contribution in [0.25, 0.3) is 10.9 Å². The number of nitrogens with one attached hydrogen (secondary N) is 1. The van der Waals surface area contributed by atoms with Crippen molar-refractivity contribution in [1.29, 1.82) is 5.26 Å². The molecule has 188 valence electrons. The lowest BCUT2D eigenvalue weighted by atomic mass is 9.99. The maximum absolute atomic E-state index is 11.5. The van der Waals surface area contributed by atoms with Crippen molar-refractivity contribution in [3.8, 4) is 11.8 Å². The molecule has 0 spiro atoms. The number of anilines is 1. The maximum atomic E-state index is 11.5. The van der Waals surface area contributed by atoms with Gasteiger partial charge in [0.15, 0.2) is 0 Å². The third kappa shape index (κ3) is 5.73. The zero-order valence-electron chi connectivity index (χ0n) is 21.0. The molecule has 9 heteroatoms. The Balaban J connectivity index is 1.33. The summed E-state index contributed by atoms with van der Waals surface area (Å²) in [5, 5.41) is 25.6. The van der Waals surface area contributed by atoms with E-state index in [2.05, 4.69) is 21.3 Å². The molecule has 1 aromatic heterocycles. The van der Waals surface area contributed by atoms with Gasteiger partial charge in [-0.3, -0.25) is 15.1 Å². The first-order valence-electron chi connectivity index (χ1n) is 12.2. The Morgan fingerprint density at radius 3 is 2.69 bits per heavy atom. The van der Waals surface area contributed by atoms with E-state index < -0.39 is 0 Å². The molecule has 36 heavy (non-hydrogen) atoms. The quantitative estimate of drug-likeness (QED) is 0.357. The highest BCUT2D eigenvalue weighted by molar-refractivity contribution is 5.85. The van der Waals surface area contributed by atoms with Crippen molar-refractivity contribution >= 4 is 22.3 Å². The normalized spacial score (nSPS) is 14.5. The Labute approximate surface area is 211 Å². The smallest absolute Gasteiger partial charge is 0.292 e. The second-order valence-electron chi connectivity index (χ2n) is 9.37. The van der Waals surface area contributed by atoms with Crippen molar-refractivity contribution in [1.82, 2.24) is 15.2 Å². The van der Waals surface area contributed by atoms with E-state index >= 15 is 0 Å². The van der Waals surface area contributed by atoms with Crippen LogP contribution in [0.1, 0.15) is 29.5 Å². The van der Waals surface area contributed by atoms with E-state index in [1.807, 2.05) is 44.4 Å². The van der Waals surface area contributed by atoms with Crippen molar-refractivity contribution in [3.05, 3.63) is 69.4 Å². The lowest BCUT2D eigenvalue weighted by molar-refractivity contribution is -0.384. The summed E-state index contributed by atoms with van der Waals surface area (Å²) in [6, 6.07) is 13.9. The first-order valence-corrected chi connectivity index (χ1v) is 12.2. The van der Waals surface area contributed by atoms with Crippen molar-refractivity contribution in [2.75, 3.05) is 45.7 Å². The van der Waals surface area contributed by atoms with E-state index in [1.165, 1.54) is 0 Å². The number of piperidine rings is 1. The Morgan fingerprint density at radius 1 is 1.25 bits per heavy atom. The second-order valence-corrected chi connectivity index (χ2v) is 9.37. The number of nitrogens with zero attached hydrogens (tertiary/aromatic N) is 5. The summed E-state index contributed by atoms with van der Waals surface area (Å²) in [6.45, 7) is 3.41. The van der Waals surface area contributed by atoms with Crippen LogP contribution in [0.5, 0.6) is 5.75 Å². The summed E-state index contributed by atoms with van der Waals surface area (Å²) >= 11 is 0. The monoisotopic (exact) mass is 488 g/mol. The predicted molar refractivity (Wildman–Crippen MR) is 140 cm³/mol. The van der Waals surface area contributed by atoms with Crippen LogP contribution in [0, 0.1) is 21.4 Å². The summed E-state index contributed by atoms with van der Waals surface area (Å²) in [4.78, 5) is 19.8. The van der Waals surface area contributed by atoms with Gasteiger partial charge in [-0.15, -0.1) is 0 Å². The number of benzene rings is 2. The van der Waals surface area contributed by atoms with Gasteiger partial charge in [-0.05, 0) is 67.7 Å². The number of nitro benzene ring substituents is 1. The largest absolute Gasteiger partial charge is 0.497 e. The summed E-state index contributed by atoms with van der Waals surface area (Å²) in [5.74, 6) is 0.759. The van der Waals surface area contributed by atoms with Gasteiger partial charge >= 0.3 is 0 Å². The van der Waals surface area contributed by atoms with E-state index in [-0.39, 0.29) is 10.6 Å². The lowest BCUT2D eigenvalue weighted by Crippen LogP contribution is -2.42. The molecule has 0 amide bonds. The SMILES string of the molecule is COc1ccc2ncc(C#N)c(CCN3CCC(NCc4ccc(N(C)C)c([N+](=O)[O-])c4)CC3)c2c1. The Kier molecular flexibility index (Phi) is 7.98. The fourth-order valence-corrected chi connectivity index (χ4v) is 4.82. The highest BCUT2D eigenvalue weighted by Gasteiger charge is 2.21. The number of nitriles is 1. The van der Waals surface area contributed by atoms with E-state index in [1.54, 1.807) is 24.3 Å². The molecule has 1 aliphatic heterocycles. The number of hydrogen-bond acceptors (Lipinski definition) is 8. The van der Waals surface area contributed by atoms with Gasteiger partial charge in [0.2, 0.25) is 0 Å². The average molecular weight is 489 g/mol. The minimum absolute atomic E-state index is 0.132. The molecular formula is C27H32N6O3. The van der Waals surface area contributed by atoms with E-state index in [0.717, 1.165) is 66.7 Å². The molecule has 1 aliphatic rings. The van der Waals surface area contributed by atoms with Crippen LogP contribution < -0.4 is 15.0 Å². The number of nitro groups is 1. The standard InChI is InChI=1S/C27H32N6O3/c1-31(2)26-7-4-19(14-27(26)33(34)35)17-29-21-8-11-32(12-9-21)13-10-23-20(16-28)18-30-25-6-5-22(36-3)15-24(23)25/h4-7,14-15,18,21,29H,8-13,17H2,1-3H3. The fraction of sp³-hybridized carbons (Fsp3) is 0.407. The average Bonchev–Trinajstić information content (AvgIpc) is 2.90. The number of pyridine rings is 1. The highest BCUT2D eigenvalue weighted by Crippen LogP contribution is 2.28. The molecule has 3 aromatic rings. The van der Waals surface area contributed by atoms with Crippen LogP contribution >= 0.6 is 0 Å². The molecule has 0 unspecified atom stereocenters. The van der Waals surface area contributed by atoms with Gasteiger partial charge in [-0.2, -0.15) is 5.26 Å². The van der Waals surface area contributed by atoms with E-state index in [0.29, 0.717) is 23.8 Å². The van der Waals surface area contributed by atoms with Gasteiger partial charge < -0.3 is 19.9 Å². The van der Waals surface area contributed by atoms with E-state index in [4.69, 9.17) is 4.74 Å². The van der Waals surface area contributed by atoms with Gasteiger partial charge in [0.05, 0.1) is 23.1 Å². The number of aromatic nitrogens is 1. The fourth-order valence-electron chi connectivity index (χ4n) is 4.82. The van der Waals surface area contributed by atoms with Crippen LogP contribution in [0.4, 0.5) is 11.4 Å². The number of likely N-dealkylation sites (tertiary alicyclic amines) is 1. The first-order chi connectivity index (χ1) is 17.4. The molecule has 0 radical (unpaired) electrons. The molecule has 2 heterocycles. The molecule has 0 bridgehead atoms. The number of methoxy groups -OCH3 is 1. The number of rotatable bonds is 9. The minimum atomic E-state index is -0.322. The number of ether oxygens (including phenoxy) is 1. The first kappa shape index (κ1) is 25.4. The van der Waals surface area contributed by atoms with Crippen molar-refractivity contribution in [2.24, 2.45) is 0 Å². The molecule has 0 aliphatic carbocycles. The zero-order chi connectivity index (χ0) is 25.7. The van der Waals surface area contributed by atoms with E-state index in [9.17, 15) is 15.4 Å². The maximum Gasteiger partial charge on any atom is 0.292 e. The molecule has 1 N–H and O–H groups in total. The van der Waals surface area contributed by atoms with Gasteiger partial charge in [0.1, 0.15) is 17.5 Å². The van der Waals surface area contributed by atoms with Crippen LogP contribution in [-0.4, -0.2) is 61.7 Å². The second kappa shape index (κ2) is 11.3. The van der Waals surface area contributed by atoms with Gasteiger partial charge in [0, 0.05) is 50.9 Å². The van der Waals surface area contributed by atoms with Gasteiger partial charge in [0.25, 0.3) is 5.69 Å². The third-order valence-electron chi connectivity index (χ3n) is 6.89. The molecule has 0 saturated carbocycles. The molecule has 2 aromatic carbocycles. The number of fused-ring (bicyclic) bond motifs is 1. The predicted octanol–water partition coefficient (Wildman–Crippen LogP) is 3.89. The van der Waals surface area contributed by atoms with Gasteiger partial charge in [-0.1, -0.05) is 6.07 Å². The molecule has 9 nitrogen and oxygen atoms in total. The zero-order valence-corrected chi connectivity index (χ0v) is 21.0. The van der Waals surface area contributed by atoms with Crippen molar-refractivity contribution < 1.29 is 9.66 Å². The molecule has 1 saturated heterocycles. The Morgan fingerprint density at radius 2 is 2.03 bits per heavy atom.